The highest BCUT2D eigenvalue weighted by molar-refractivity contribution is 7.89. The minimum Gasteiger partial charge on any atom is -0.341 e. The van der Waals surface area contributed by atoms with E-state index in [1.54, 1.807) is 29.0 Å². The molecule has 1 amide bonds. The van der Waals surface area contributed by atoms with Crippen molar-refractivity contribution in [3.8, 4) is 10.7 Å². The largest absolute Gasteiger partial charge is 0.341 e. The van der Waals surface area contributed by atoms with Gasteiger partial charge < -0.3 is 9.47 Å². The van der Waals surface area contributed by atoms with Crippen molar-refractivity contribution >= 4 is 27.3 Å². The Morgan fingerprint density at radius 3 is 2.71 bits per heavy atom. The van der Waals surface area contributed by atoms with Gasteiger partial charge in [0, 0.05) is 36.6 Å². The maximum Gasteiger partial charge on any atom is 0.242 e. The second kappa shape index (κ2) is 9.29. The van der Waals surface area contributed by atoms with Crippen molar-refractivity contribution in [1.82, 2.24) is 24.2 Å². The number of nitrogens with one attached hydrogen (secondary N) is 1. The van der Waals surface area contributed by atoms with Crippen LogP contribution in [-0.2, 0) is 27.9 Å². The lowest BCUT2D eigenvalue weighted by atomic mass is 10.1. The van der Waals surface area contributed by atoms with E-state index >= 15 is 0 Å². The van der Waals surface area contributed by atoms with E-state index in [4.69, 9.17) is 0 Å². The molecule has 1 N–H and O–H groups in total. The predicted octanol–water partition coefficient (Wildman–Crippen LogP) is 2.81. The number of piperidine rings is 1. The molecule has 31 heavy (non-hydrogen) atoms. The van der Waals surface area contributed by atoms with Crippen LogP contribution < -0.4 is 4.72 Å². The number of pyridine rings is 1. The smallest absolute Gasteiger partial charge is 0.242 e. The van der Waals surface area contributed by atoms with Gasteiger partial charge in [-0.05, 0) is 44.4 Å². The number of thiazole rings is 1. The van der Waals surface area contributed by atoms with E-state index < -0.39 is 10.0 Å². The van der Waals surface area contributed by atoms with Crippen LogP contribution in [0.25, 0.3) is 10.7 Å². The average molecular weight is 460 g/mol. The van der Waals surface area contributed by atoms with Gasteiger partial charge in [-0.3, -0.25) is 9.78 Å². The van der Waals surface area contributed by atoms with Crippen LogP contribution in [0.2, 0.25) is 0 Å². The summed E-state index contributed by atoms with van der Waals surface area (Å²) in [5, 5.41) is 2.60. The maximum atomic E-state index is 12.9. The number of aromatic nitrogens is 3. The van der Waals surface area contributed by atoms with E-state index in [2.05, 4.69) is 14.7 Å². The van der Waals surface area contributed by atoms with Gasteiger partial charge in [0.25, 0.3) is 0 Å². The van der Waals surface area contributed by atoms with Gasteiger partial charge in [-0.2, -0.15) is 0 Å². The third-order valence-electron chi connectivity index (χ3n) is 5.20. The predicted molar refractivity (Wildman–Crippen MR) is 119 cm³/mol. The van der Waals surface area contributed by atoms with E-state index in [0.717, 1.165) is 38.0 Å². The number of hydrogen-bond acceptors (Lipinski definition) is 6. The third kappa shape index (κ3) is 5.20. The molecule has 164 valence electrons. The van der Waals surface area contributed by atoms with Crippen LogP contribution in [0.5, 0.6) is 0 Å². The van der Waals surface area contributed by atoms with E-state index in [-0.39, 0.29) is 23.9 Å². The molecule has 0 aromatic carbocycles. The molecule has 0 atom stereocenters. The Morgan fingerprint density at radius 2 is 2.03 bits per heavy atom. The topological polar surface area (TPSA) is 97.2 Å². The first-order valence-electron chi connectivity index (χ1n) is 10.2. The summed E-state index contributed by atoms with van der Waals surface area (Å²) >= 11 is 1.43. The first-order chi connectivity index (χ1) is 14.9. The van der Waals surface area contributed by atoms with Crippen molar-refractivity contribution in [3.05, 3.63) is 53.4 Å². The molecule has 3 aromatic rings. The van der Waals surface area contributed by atoms with Gasteiger partial charge in [0.15, 0.2) is 0 Å². The standard InChI is InChI=1S/C21H25N5O3S2/c1-16-15-30-21(24-16)19-11-18(31(28,29)23-12-17-7-3-4-8-22-17)13-26(19)14-20(27)25-9-5-2-6-10-25/h3-4,7-8,11,13,15,23H,2,5-6,9-10,12,14H2,1H3. The van der Waals surface area contributed by atoms with Crippen LogP contribution in [-0.4, -0.2) is 46.8 Å². The lowest BCUT2D eigenvalue weighted by Crippen LogP contribution is -2.37. The zero-order valence-corrected chi connectivity index (χ0v) is 19.0. The Kier molecular flexibility index (Phi) is 6.49. The van der Waals surface area contributed by atoms with Crippen LogP contribution >= 0.6 is 11.3 Å². The number of likely N-dealkylation sites (tertiary alicyclic amines) is 1. The number of hydrogen-bond donors (Lipinski definition) is 1. The maximum absolute atomic E-state index is 12.9. The van der Waals surface area contributed by atoms with E-state index in [0.29, 0.717) is 16.4 Å². The quantitative estimate of drug-likeness (QED) is 0.586. The molecule has 0 radical (unpaired) electrons. The molecule has 1 fully saturated rings. The first kappa shape index (κ1) is 21.7. The molecule has 0 unspecified atom stereocenters. The number of carbonyl (C=O) groups is 1. The average Bonchev–Trinajstić information content (AvgIpc) is 3.40. The Labute approximate surface area is 186 Å². The molecule has 0 spiro atoms. The third-order valence-corrected chi connectivity index (χ3v) is 7.55. The summed E-state index contributed by atoms with van der Waals surface area (Å²) in [5.41, 5.74) is 2.11. The van der Waals surface area contributed by atoms with Crippen molar-refractivity contribution in [2.75, 3.05) is 13.1 Å². The molecular formula is C21H25N5O3S2. The van der Waals surface area contributed by atoms with Gasteiger partial charge >= 0.3 is 0 Å². The van der Waals surface area contributed by atoms with Gasteiger partial charge in [0.05, 0.1) is 17.9 Å². The summed E-state index contributed by atoms with van der Waals surface area (Å²) in [4.78, 5) is 23.5. The lowest BCUT2D eigenvalue weighted by molar-refractivity contribution is -0.132. The molecule has 10 heteroatoms. The molecule has 0 aliphatic carbocycles. The molecule has 8 nitrogen and oxygen atoms in total. The molecule has 0 bridgehead atoms. The zero-order valence-electron chi connectivity index (χ0n) is 17.3. The molecule has 0 saturated carbocycles. The zero-order chi connectivity index (χ0) is 21.8. The molecule has 1 aliphatic heterocycles. The highest BCUT2D eigenvalue weighted by Crippen LogP contribution is 2.28. The van der Waals surface area contributed by atoms with E-state index in [9.17, 15) is 13.2 Å². The number of nitrogens with zero attached hydrogens (tertiary/aromatic N) is 4. The fourth-order valence-electron chi connectivity index (χ4n) is 3.56. The van der Waals surface area contributed by atoms with Gasteiger partial charge in [0.1, 0.15) is 16.4 Å². The molecule has 4 heterocycles. The number of rotatable bonds is 7. The van der Waals surface area contributed by atoms with Crippen LogP contribution in [0.4, 0.5) is 0 Å². The summed E-state index contributed by atoms with van der Waals surface area (Å²) in [6.07, 6.45) is 6.30. The second-order valence-corrected chi connectivity index (χ2v) is 10.2. The van der Waals surface area contributed by atoms with Crippen LogP contribution in [0.1, 0.15) is 30.7 Å². The Hall–Kier alpha value is -2.56. The lowest BCUT2D eigenvalue weighted by Gasteiger charge is -2.27. The summed E-state index contributed by atoms with van der Waals surface area (Å²) in [6, 6.07) is 6.93. The van der Waals surface area contributed by atoms with Gasteiger partial charge in [-0.1, -0.05) is 6.07 Å². The second-order valence-electron chi connectivity index (χ2n) is 7.57. The highest BCUT2D eigenvalue weighted by atomic mass is 32.2. The van der Waals surface area contributed by atoms with Crippen LogP contribution in [0, 0.1) is 6.92 Å². The molecular weight excluding hydrogens is 434 g/mol. The normalized spacial score (nSPS) is 14.7. The molecule has 4 rings (SSSR count). The summed E-state index contributed by atoms with van der Waals surface area (Å²) in [6.45, 7) is 3.57. The fourth-order valence-corrected chi connectivity index (χ4v) is 5.42. The molecule has 3 aromatic heterocycles. The van der Waals surface area contributed by atoms with Gasteiger partial charge in [0.2, 0.25) is 15.9 Å². The monoisotopic (exact) mass is 459 g/mol. The van der Waals surface area contributed by atoms with Crippen molar-refractivity contribution in [3.63, 3.8) is 0 Å². The van der Waals surface area contributed by atoms with Crippen molar-refractivity contribution in [2.45, 2.75) is 44.2 Å². The number of sulfonamides is 1. The van der Waals surface area contributed by atoms with Gasteiger partial charge in [-0.15, -0.1) is 11.3 Å². The van der Waals surface area contributed by atoms with Crippen LogP contribution in [0.15, 0.2) is 46.9 Å². The van der Waals surface area contributed by atoms with Crippen LogP contribution in [0.3, 0.4) is 0 Å². The summed E-state index contributed by atoms with van der Waals surface area (Å²) in [5.74, 6) is -0.00443. The van der Waals surface area contributed by atoms with Crippen molar-refractivity contribution < 1.29 is 13.2 Å². The number of carbonyl (C=O) groups excluding carboxylic acids is 1. The van der Waals surface area contributed by atoms with E-state index in [1.165, 1.54) is 17.5 Å². The SMILES string of the molecule is Cc1csc(-c2cc(S(=O)(=O)NCc3ccccn3)cn2CC(=O)N2CCCCC2)n1. The molecule has 1 saturated heterocycles. The summed E-state index contributed by atoms with van der Waals surface area (Å²) in [7, 11) is -3.78. The Morgan fingerprint density at radius 1 is 1.23 bits per heavy atom. The van der Waals surface area contributed by atoms with Crippen molar-refractivity contribution in [1.29, 1.82) is 0 Å². The highest BCUT2D eigenvalue weighted by Gasteiger charge is 2.23. The Balaban J connectivity index is 1.60. The molecule has 1 aliphatic rings. The minimum absolute atomic E-state index is 0.00443. The Bertz CT molecular complexity index is 1150. The minimum atomic E-state index is -3.78. The number of aryl methyl sites for hydroxylation is 1. The first-order valence-corrected chi connectivity index (χ1v) is 12.6. The summed E-state index contributed by atoms with van der Waals surface area (Å²) < 4.78 is 30.1. The van der Waals surface area contributed by atoms with Crippen molar-refractivity contribution in [2.24, 2.45) is 0 Å². The fraction of sp³-hybridized carbons (Fsp3) is 0.381. The number of amides is 1. The van der Waals surface area contributed by atoms with E-state index in [1.807, 2.05) is 23.3 Å². The van der Waals surface area contributed by atoms with Gasteiger partial charge in [-0.25, -0.2) is 18.1 Å².